The molecular formula is C19H20ClN3O6. The summed E-state index contributed by atoms with van der Waals surface area (Å²) in [4.78, 5) is 48.3. The highest BCUT2D eigenvalue weighted by Crippen LogP contribution is 2.21. The van der Waals surface area contributed by atoms with E-state index in [9.17, 15) is 24.3 Å². The van der Waals surface area contributed by atoms with Crippen molar-refractivity contribution in [1.82, 2.24) is 15.2 Å². The summed E-state index contributed by atoms with van der Waals surface area (Å²) in [6.07, 6.45) is 1.78. The van der Waals surface area contributed by atoms with Crippen LogP contribution in [0.3, 0.4) is 0 Å². The summed E-state index contributed by atoms with van der Waals surface area (Å²) < 4.78 is 1.07. The Morgan fingerprint density at radius 3 is 2.45 bits per heavy atom. The van der Waals surface area contributed by atoms with Crippen LogP contribution in [0.4, 0.5) is 0 Å². The van der Waals surface area contributed by atoms with Crippen molar-refractivity contribution < 1.29 is 24.6 Å². The van der Waals surface area contributed by atoms with Crippen molar-refractivity contribution in [1.29, 1.82) is 0 Å². The van der Waals surface area contributed by atoms with Crippen molar-refractivity contribution in [2.45, 2.75) is 19.9 Å². The molecule has 0 aliphatic heterocycles. The van der Waals surface area contributed by atoms with Crippen LogP contribution in [0.2, 0.25) is 5.02 Å². The molecule has 0 saturated heterocycles. The number of aromatic nitrogens is 1. The number of carboxylic acid groups (broad SMARTS) is 1. The quantitative estimate of drug-likeness (QED) is 0.505. The first kappa shape index (κ1) is 22.0. The molecule has 0 radical (unpaired) electrons. The number of carbonyl (C=O) groups is 3. The standard InChI is InChI=1S/C19H20ClN3O6/c1-2-7-21-17(27)12-10-23(9-11-5-3-4-6-13(11)20)19(29)15(16(12)26)18(28)22-8-14(24)25/h3-6,10,26H,2,7-9H2,1H3,(H,21,27)(H,22,28)(H,24,25). The minimum atomic E-state index is -1.33. The van der Waals surface area contributed by atoms with Gasteiger partial charge in [-0.25, -0.2) is 0 Å². The van der Waals surface area contributed by atoms with Crippen LogP contribution in [0.15, 0.2) is 35.3 Å². The summed E-state index contributed by atoms with van der Waals surface area (Å²) in [7, 11) is 0. The van der Waals surface area contributed by atoms with Crippen molar-refractivity contribution >= 4 is 29.4 Å². The molecule has 1 aromatic carbocycles. The molecule has 0 unspecified atom stereocenters. The molecule has 2 aromatic rings. The zero-order valence-electron chi connectivity index (χ0n) is 15.6. The molecule has 0 aliphatic carbocycles. The summed E-state index contributed by atoms with van der Waals surface area (Å²) in [6.45, 7) is 1.34. The lowest BCUT2D eigenvalue weighted by Gasteiger charge is -2.15. The van der Waals surface area contributed by atoms with Crippen molar-refractivity contribution in [2.24, 2.45) is 0 Å². The zero-order valence-corrected chi connectivity index (χ0v) is 16.3. The molecule has 0 fully saturated rings. The molecule has 0 atom stereocenters. The van der Waals surface area contributed by atoms with E-state index in [0.29, 0.717) is 23.6 Å². The van der Waals surface area contributed by atoms with Gasteiger partial charge in [0.25, 0.3) is 17.4 Å². The van der Waals surface area contributed by atoms with E-state index >= 15 is 0 Å². The first-order chi connectivity index (χ1) is 13.8. The normalized spacial score (nSPS) is 10.4. The highest BCUT2D eigenvalue weighted by atomic mass is 35.5. The molecular weight excluding hydrogens is 402 g/mol. The number of carboxylic acids is 1. The van der Waals surface area contributed by atoms with Gasteiger partial charge in [0.1, 0.15) is 17.9 Å². The lowest BCUT2D eigenvalue weighted by Crippen LogP contribution is -2.37. The second-order valence-electron chi connectivity index (χ2n) is 6.12. The predicted octanol–water partition coefficient (Wildman–Crippen LogP) is 1.21. The third-order valence-electron chi connectivity index (χ3n) is 3.96. The third kappa shape index (κ3) is 5.35. The fraction of sp³-hybridized carbons (Fsp3) is 0.263. The highest BCUT2D eigenvalue weighted by molar-refractivity contribution is 6.31. The van der Waals surface area contributed by atoms with Gasteiger partial charge in [0.2, 0.25) is 0 Å². The monoisotopic (exact) mass is 421 g/mol. The Kier molecular flexibility index (Phi) is 7.38. The molecule has 29 heavy (non-hydrogen) atoms. The van der Waals surface area contributed by atoms with Crippen LogP contribution in [0.25, 0.3) is 0 Å². The molecule has 1 aromatic heterocycles. The first-order valence-corrected chi connectivity index (χ1v) is 9.12. The average molecular weight is 422 g/mol. The van der Waals surface area contributed by atoms with E-state index in [0.717, 1.165) is 10.8 Å². The number of hydrogen-bond donors (Lipinski definition) is 4. The van der Waals surface area contributed by atoms with Gasteiger partial charge in [0.15, 0.2) is 0 Å². The molecule has 154 valence electrons. The number of nitrogens with zero attached hydrogens (tertiary/aromatic N) is 1. The van der Waals surface area contributed by atoms with Gasteiger partial charge in [-0.2, -0.15) is 0 Å². The molecule has 10 heteroatoms. The van der Waals surface area contributed by atoms with Gasteiger partial charge in [0.05, 0.1) is 12.1 Å². The Labute approximate surface area is 170 Å². The summed E-state index contributed by atoms with van der Waals surface area (Å²) in [6, 6.07) is 6.71. The van der Waals surface area contributed by atoms with E-state index in [1.807, 2.05) is 12.2 Å². The second-order valence-corrected chi connectivity index (χ2v) is 6.53. The number of halogens is 1. The number of carbonyl (C=O) groups excluding carboxylic acids is 2. The SMILES string of the molecule is CCCNC(=O)c1cn(Cc2ccccc2Cl)c(=O)c(C(=O)NCC(=O)O)c1O. The average Bonchev–Trinajstić information content (AvgIpc) is 2.68. The Bertz CT molecular complexity index is 1000. The van der Waals surface area contributed by atoms with E-state index in [2.05, 4.69) is 5.32 Å². The molecule has 2 amide bonds. The molecule has 2 rings (SSSR count). The Balaban J connectivity index is 2.57. The number of amides is 2. The van der Waals surface area contributed by atoms with Gasteiger partial charge in [-0.15, -0.1) is 0 Å². The van der Waals surface area contributed by atoms with Crippen LogP contribution >= 0.6 is 11.6 Å². The van der Waals surface area contributed by atoms with Gasteiger partial charge < -0.3 is 25.4 Å². The number of benzene rings is 1. The maximum atomic E-state index is 12.8. The van der Waals surface area contributed by atoms with Crippen LogP contribution in [-0.4, -0.2) is 45.7 Å². The van der Waals surface area contributed by atoms with Gasteiger partial charge >= 0.3 is 5.97 Å². The fourth-order valence-corrected chi connectivity index (χ4v) is 2.73. The van der Waals surface area contributed by atoms with Crippen molar-refractivity contribution in [2.75, 3.05) is 13.1 Å². The molecule has 0 saturated carbocycles. The third-order valence-corrected chi connectivity index (χ3v) is 4.33. The van der Waals surface area contributed by atoms with Crippen molar-refractivity contribution in [3.8, 4) is 5.75 Å². The lowest BCUT2D eigenvalue weighted by atomic mass is 10.1. The number of nitrogens with one attached hydrogen (secondary N) is 2. The Morgan fingerprint density at radius 2 is 1.83 bits per heavy atom. The van der Waals surface area contributed by atoms with E-state index in [-0.39, 0.29) is 12.1 Å². The predicted molar refractivity (Wildman–Crippen MR) is 106 cm³/mol. The van der Waals surface area contributed by atoms with Crippen LogP contribution in [0, 0.1) is 0 Å². The largest absolute Gasteiger partial charge is 0.506 e. The molecule has 0 bridgehead atoms. The second kappa shape index (κ2) is 9.74. The van der Waals surface area contributed by atoms with E-state index in [4.69, 9.17) is 16.7 Å². The van der Waals surface area contributed by atoms with E-state index in [1.165, 1.54) is 0 Å². The summed E-state index contributed by atoms with van der Waals surface area (Å²) in [5, 5.41) is 24.1. The summed E-state index contributed by atoms with van der Waals surface area (Å²) >= 11 is 6.13. The number of pyridine rings is 1. The van der Waals surface area contributed by atoms with E-state index < -0.39 is 41.2 Å². The molecule has 0 spiro atoms. The smallest absolute Gasteiger partial charge is 0.322 e. The topological polar surface area (TPSA) is 138 Å². The maximum Gasteiger partial charge on any atom is 0.322 e. The summed E-state index contributed by atoms with van der Waals surface area (Å²) in [5.41, 5.74) is -1.34. The van der Waals surface area contributed by atoms with Crippen molar-refractivity contribution in [3.63, 3.8) is 0 Å². The minimum Gasteiger partial charge on any atom is -0.506 e. The molecule has 4 N–H and O–H groups in total. The van der Waals surface area contributed by atoms with Gasteiger partial charge in [0, 0.05) is 17.8 Å². The van der Waals surface area contributed by atoms with Crippen LogP contribution in [0.1, 0.15) is 39.6 Å². The Hall–Kier alpha value is -3.33. The van der Waals surface area contributed by atoms with E-state index in [1.54, 1.807) is 24.3 Å². The fourth-order valence-electron chi connectivity index (χ4n) is 2.53. The molecule has 0 aliphatic rings. The van der Waals surface area contributed by atoms with Gasteiger partial charge in [-0.3, -0.25) is 19.2 Å². The van der Waals surface area contributed by atoms with Crippen LogP contribution in [0.5, 0.6) is 5.75 Å². The number of rotatable bonds is 8. The molecule has 9 nitrogen and oxygen atoms in total. The lowest BCUT2D eigenvalue weighted by molar-refractivity contribution is -0.135. The van der Waals surface area contributed by atoms with Gasteiger partial charge in [-0.05, 0) is 18.1 Å². The number of hydrogen-bond acceptors (Lipinski definition) is 5. The maximum absolute atomic E-state index is 12.8. The molecule has 1 heterocycles. The van der Waals surface area contributed by atoms with Crippen LogP contribution in [-0.2, 0) is 11.3 Å². The number of aliphatic carboxylic acids is 1. The van der Waals surface area contributed by atoms with Crippen LogP contribution < -0.4 is 16.2 Å². The Morgan fingerprint density at radius 1 is 1.14 bits per heavy atom. The highest BCUT2D eigenvalue weighted by Gasteiger charge is 2.25. The number of aromatic hydroxyl groups is 1. The zero-order chi connectivity index (χ0) is 21.6. The minimum absolute atomic E-state index is 0.0634. The summed E-state index contributed by atoms with van der Waals surface area (Å²) in [5.74, 6) is -3.93. The van der Waals surface area contributed by atoms with Gasteiger partial charge in [-0.1, -0.05) is 36.7 Å². The van der Waals surface area contributed by atoms with Crippen molar-refractivity contribution in [3.05, 3.63) is 62.5 Å². The first-order valence-electron chi connectivity index (χ1n) is 8.74.